The first-order valence-corrected chi connectivity index (χ1v) is 9.67. The average molecular weight is 490 g/mol. The second kappa shape index (κ2) is 8.10. The summed E-state index contributed by atoms with van der Waals surface area (Å²) < 4.78 is 7.71. The molecule has 4 rings (SSSR count). The van der Waals surface area contributed by atoms with E-state index in [4.69, 9.17) is 4.74 Å². The lowest BCUT2D eigenvalue weighted by molar-refractivity contribution is -0.669. The van der Waals surface area contributed by atoms with Crippen molar-refractivity contribution in [2.45, 2.75) is 25.3 Å². The maximum absolute atomic E-state index is 5.36. The van der Waals surface area contributed by atoms with Crippen molar-refractivity contribution in [1.29, 1.82) is 0 Å². The highest BCUT2D eigenvalue weighted by Gasteiger charge is 2.24. The van der Waals surface area contributed by atoms with Crippen LogP contribution in [0, 0.1) is 6.92 Å². The van der Waals surface area contributed by atoms with Gasteiger partial charge in [0.1, 0.15) is 12.3 Å². The molecule has 1 aliphatic rings. The Labute approximate surface area is 182 Å². The van der Waals surface area contributed by atoms with Crippen molar-refractivity contribution in [3.05, 3.63) is 64.8 Å². The number of fused-ring (bicyclic) bond motifs is 2. The molecule has 1 aromatic heterocycles. The van der Waals surface area contributed by atoms with E-state index in [-0.39, 0.29) is 24.0 Å². The number of halogens is 1. The van der Waals surface area contributed by atoms with E-state index in [1.54, 1.807) is 7.11 Å². The first kappa shape index (κ1) is 20.0. The first-order valence-electron chi connectivity index (χ1n) is 8.85. The van der Waals surface area contributed by atoms with Crippen LogP contribution in [-0.4, -0.2) is 14.2 Å². The van der Waals surface area contributed by atoms with Crippen molar-refractivity contribution in [3.63, 3.8) is 0 Å². The minimum Gasteiger partial charge on any atom is -1.00 e. The standard InChI is InChI=1S/C22H23N2OS.HI/c1-5-24-17(8-7-16-13-18(25-4)9-11-19(16)24)14-22-23(3)20-10-6-15(2)12-21(20)26-22;/h6-14H,5H2,1-4H3;1H/q+1;/p-1. The van der Waals surface area contributed by atoms with Crippen LogP contribution >= 0.6 is 11.8 Å². The van der Waals surface area contributed by atoms with E-state index in [9.17, 15) is 0 Å². The van der Waals surface area contributed by atoms with Gasteiger partial charge in [-0.2, -0.15) is 4.57 Å². The molecule has 5 heteroatoms. The van der Waals surface area contributed by atoms with Crippen LogP contribution < -0.4 is 38.2 Å². The second-order valence-electron chi connectivity index (χ2n) is 6.54. The number of hydrogen-bond acceptors (Lipinski definition) is 3. The van der Waals surface area contributed by atoms with E-state index in [2.05, 4.69) is 78.9 Å². The molecule has 0 saturated carbocycles. The molecule has 0 radical (unpaired) electrons. The molecule has 0 N–H and O–H groups in total. The Morgan fingerprint density at radius 3 is 2.67 bits per heavy atom. The van der Waals surface area contributed by atoms with Gasteiger partial charge in [0.25, 0.3) is 0 Å². The number of methoxy groups -OCH3 is 1. The highest BCUT2D eigenvalue weighted by molar-refractivity contribution is 8.03. The number of pyridine rings is 1. The van der Waals surface area contributed by atoms with Gasteiger partial charge < -0.3 is 33.6 Å². The molecule has 0 fully saturated rings. The topological polar surface area (TPSA) is 16.4 Å². The summed E-state index contributed by atoms with van der Waals surface area (Å²) in [5.41, 5.74) is 5.01. The van der Waals surface area contributed by atoms with Crippen LogP contribution in [0.5, 0.6) is 5.75 Å². The van der Waals surface area contributed by atoms with E-state index < -0.39 is 0 Å². The highest BCUT2D eigenvalue weighted by atomic mass is 127. The highest BCUT2D eigenvalue weighted by Crippen LogP contribution is 2.45. The lowest BCUT2D eigenvalue weighted by atomic mass is 10.1. The van der Waals surface area contributed by atoms with Crippen molar-refractivity contribution >= 4 is 34.4 Å². The predicted molar refractivity (Wildman–Crippen MR) is 110 cm³/mol. The number of rotatable bonds is 3. The number of hydrogen-bond donors (Lipinski definition) is 0. The van der Waals surface area contributed by atoms with Gasteiger partial charge in [-0.1, -0.05) is 17.8 Å². The van der Waals surface area contributed by atoms with Gasteiger partial charge in [0.2, 0.25) is 11.2 Å². The van der Waals surface area contributed by atoms with Gasteiger partial charge in [-0.05, 0) is 49.7 Å². The fourth-order valence-electron chi connectivity index (χ4n) is 3.45. The molecule has 0 atom stereocenters. The zero-order chi connectivity index (χ0) is 18.3. The van der Waals surface area contributed by atoms with Crippen molar-refractivity contribution in [3.8, 4) is 5.75 Å². The minimum atomic E-state index is 0. The Kier molecular flexibility index (Phi) is 6.01. The molecule has 140 valence electrons. The Balaban J connectivity index is 0.00000210. The van der Waals surface area contributed by atoms with Gasteiger partial charge in [0, 0.05) is 30.2 Å². The fraction of sp³-hybridized carbons (Fsp3) is 0.227. The van der Waals surface area contributed by atoms with Gasteiger partial charge in [0.05, 0.1) is 23.2 Å². The summed E-state index contributed by atoms with van der Waals surface area (Å²) in [6, 6.07) is 17.3. The lowest BCUT2D eigenvalue weighted by Gasteiger charge is -2.13. The van der Waals surface area contributed by atoms with Crippen molar-refractivity contribution in [2.24, 2.45) is 0 Å². The fourth-order valence-corrected chi connectivity index (χ4v) is 4.65. The van der Waals surface area contributed by atoms with E-state index in [1.165, 1.54) is 37.8 Å². The average Bonchev–Trinajstić information content (AvgIpc) is 2.95. The zero-order valence-corrected chi connectivity index (χ0v) is 19.0. The summed E-state index contributed by atoms with van der Waals surface area (Å²) in [7, 11) is 3.85. The summed E-state index contributed by atoms with van der Waals surface area (Å²) in [4.78, 5) is 3.60. The van der Waals surface area contributed by atoms with Gasteiger partial charge in [-0.15, -0.1) is 0 Å². The number of ether oxygens (including phenoxy) is 1. The van der Waals surface area contributed by atoms with Crippen molar-refractivity contribution in [1.82, 2.24) is 0 Å². The minimum absolute atomic E-state index is 0. The van der Waals surface area contributed by atoms with Crippen LogP contribution in [0.25, 0.3) is 17.0 Å². The smallest absolute Gasteiger partial charge is 0.213 e. The SMILES string of the molecule is CC[n+]1c(/C=C2\Sc3cc(C)ccc3N2C)ccc2cc(OC)ccc21.[I-]. The van der Waals surface area contributed by atoms with E-state index in [1.807, 2.05) is 17.8 Å². The number of aromatic nitrogens is 1. The van der Waals surface area contributed by atoms with Gasteiger partial charge in [-0.25, -0.2) is 0 Å². The second-order valence-corrected chi connectivity index (χ2v) is 7.60. The van der Waals surface area contributed by atoms with Gasteiger partial charge in [0.15, 0.2) is 0 Å². The molecule has 27 heavy (non-hydrogen) atoms. The van der Waals surface area contributed by atoms with Gasteiger partial charge >= 0.3 is 0 Å². The Morgan fingerprint density at radius 1 is 1.11 bits per heavy atom. The number of benzene rings is 2. The molecule has 3 nitrogen and oxygen atoms in total. The molecular weight excluding hydrogens is 467 g/mol. The third-order valence-corrected chi connectivity index (χ3v) is 6.03. The normalized spacial score (nSPS) is 14.4. The number of thioether (sulfide) groups is 1. The van der Waals surface area contributed by atoms with Crippen LogP contribution in [0.1, 0.15) is 18.2 Å². The summed E-state index contributed by atoms with van der Waals surface area (Å²) in [6.07, 6.45) is 2.28. The van der Waals surface area contributed by atoms with Crippen LogP contribution in [-0.2, 0) is 6.54 Å². The lowest BCUT2D eigenvalue weighted by Crippen LogP contribution is -3.00. The van der Waals surface area contributed by atoms with Crippen LogP contribution in [0.15, 0.2) is 58.5 Å². The number of anilines is 1. The van der Waals surface area contributed by atoms with Gasteiger partial charge in [-0.3, -0.25) is 0 Å². The molecule has 0 amide bonds. The van der Waals surface area contributed by atoms with E-state index >= 15 is 0 Å². The molecule has 0 saturated heterocycles. The molecule has 2 aromatic carbocycles. The largest absolute Gasteiger partial charge is 1.00 e. The maximum Gasteiger partial charge on any atom is 0.213 e. The molecule has 0 unspecified atom stereocenters. The van der Waals surface area contributed by atoms with Crippen LogP contribution in [0.3, 0.4) is 0 Å². The Bertz CT molecular complexity index is 1030. The first-order chi connectivity index (χ1) is 12.6. The van der Waals surface area contributed by atoms with E-state index in [0.717, 1.165) is 12.3 Å². The molecule has 0 bridgehead atoms. The van der Waals surface area contributed by atoms with Crippen molar-refractivity contribution < 1.29 is 33.3 Å². The summed E-state index contributed by atoms with van der Waals surface area (Å²) >= 11 is 1.84. The van der Waals surface area contributed by atoms with E-state index in [0.29, 0.717) is 0 Å². The van der Waals surface area contributed by atoms with Crippen molar-refractivity contribution in [2.75, 3.05) is 19.1 Å². The molecule has 0 spiro atoms. The summed E-state index contributed by atoms with van der Waals surface area (Å²) in [5.74, 6) is 0.892. The molecule has 2 heterocycles. The monoisotopic (exact) mass is 490 g/mol. The Hall–Kier alpha value is -1.73. The summed E-state index contributed by atoms with van der Waals surface area (Å²) in [5, 5.41) is 2.44. The zero-order valence-electron chi connectivity index (χ0n) is 16.0. The van der Waals surface area contributed by atoms with Crippen LogP contribution in [0.2, 0.25) is 0 Å². The number of nitrogens with zero attached hydrogens (tertiary/aromatic N) is 2. The number of aryl methyl sites for hydroxylation is 2. The van der Waals surface area contributed by atoms with Crippen LogP contribution in [0.4, 0.5) is 5.69 Å². The molecular formula is C22H23IN2OS. The third-order valence-electron chi connectivity index (χ3n) is 4.88. The quantitative estimate of drug-likeness (QED) is 0.413. The Morgan fingerprint density at radius 2 is 1.93 bits per heavy atom. The molecule has 1 aliphatic heterocycles. The predicted octanol–water partition coefficient (Wildman–Crippen LogP) is 2.01. The maximum atomic E-state index is 5.36. The molecule has 3 aromatic rings. The molecule has 0 aliphatic carbocycles. The third kappa shape index (κ3) is 3.67. The summed E-state index contributed by atoms with van der Waals surface area (Å²) in [6.45, 7) is 5.25.